The van der Waals surface area contributed by atoms with Crippen molar-refractivity contribution in [1.82, 2.24) is 5.16 Å². The van der Waals surface area contributed by atoms with Gasteiger partial charge in [-0.2, -0.15) is 5.16 Å². The summed E-state index contributed by atoms with van der Waals surface area (Å²) in [5.41, 5.74) is -0.197. The normalized spacial score (nSPS) is 11.8. The first-order valence-corrected chi connectivity index (χ1v) is 4.77. The quantitative estimate of drug-likeness (QED) is 0.783. The van der Waals surface area contributed by atoms with Crippen LogP contribution in [0.2, 0.25) is 0 Å². The van der Waals surface area contributed by atoms with E-state index in [1.54, 1.807) is 20.3 Å². The number of allylic oxidation sites excluding steroid dienone is 1. The Morgan fingerprint density at radius 3 is 2.33 bits per heavy atom. The number of methoxy groups -OCH3 is 1. The minimum atomic E-state index is -0.197. The van der Waals surface area contributed by atoms with E-state index in [1.807, 2.05) is 0 Å². The molecule has 4 nitrogen and oxygen atoms in total. The standard InChI is InChI=1S/C9H13NO2.C2H6O/c1-4-7(6(2)3)8-5-9(11)10-12-8;1-3-2/h4-7H,1H2,2-3H3,(H,10,11);1-2H3. The van der Waals surface area contributed by atoms with Crippen LogP contribution in [-0.4, -0.2) is 19.4 Å². The summed E-state index contributed by atoms with van der Waals surface area (Å²) in [7, 11) is 3.25. The zero-order valence-corrected chi connectivity index (χ0v) is 9.74. The fourth-order valence-electron chi connectivity index (χ4n) is 1.18. The van der Waals surface area contributed by atoms with Crippen molar-refractivity contribution in [1.29, 1.82) is 0 Å². The molecule has 1 rings (SSSR count). The lowest BCUT2D eigenvalue weighted by Gasteiger charge is -2.11. The molecule has 0 aromatic carbocycles. The summed E-state index contributed by atoms with van der Waals surface area (Å²) in [4.78, 5) is 10.7. The van der Waals surface area contributed by atoms with E-state index in [0.717, 1.165) is 0 Å². The molecule has 0 radical (unpaired) electrons. The minimum absolute atomic E-state index is 0.115. The monoisotopic (exact) mass is 213 g/mol. The number of aromatic amines is 1. The number of hydrogen-bond acceptors (Lipinski definition) is 3. The van der Waals surface area contributed by atoms with Gasteiger partial charge in [-0.05, 0) is 5.92 Å². The van der Waals surface area contributed by atoms with Gasteiger partial charge in [0, 0.05) is 26.2 Å². The fourth-order valence-corrected chi connectivity index (χ4v) is 1.18. The molecule has 0 saturated carbocycles. The second-order valence-electron chi connectivity index (χ2n) is 3.53. The number of nitrogens with one attached hydrogen (secondary N) is 1. The first kappa shape index (κ1) is 13.7. The Balaban J connectivity index is 0.000000583. The van der Waals surface area contributed by atoms with Crippen LogP contribution in [0.15, 0.2) is 28.0 Å². The maximum Gasteiger partial charge on any atom is 0.280 e. The molecule has 0 aliphatic carbocycles. The third kappa shape index (κ3) is 4.65. The molecule has 1 aromatic rings. The molecular weight excluding hydrogens is 194 g/mol. The van der Waals surface area contributed by atoms with Crippen molar-refractivity contribution in [3.8, 4) is 0 Å². The van der Waals surface area contributed by atoms with Crippen LogP contribution in [0.4, 0.5) is 0 Å². The van der Waals surface area contributed by atoms with Crippen LogP contribution < -0.4 is 5.56 Å². The van der Waals surface area contributed by atoms with Crippen LogP contribution in [0.25, 0.3) is 0 Å². The van der Waals surface area contributed by atoms with Crippen LogP contribution in [0, 0.1) is 5.92 Å². The molecule has 1 N–H and O–H groups in total. The van der Waals surface area contributed by atoms with E-state index < -0.39 is 0 Å². The van der Waals surface area contributed by atoms with Crippen LogP contribution in [0.1, 0.15) is 25.5 Å². The smallest absolute Gasteiger partial charge is 0.280 e. The van der Waals surface area contributed by atoms with Crippen molar-refractivity contribution < 1.29 is 9.26 Å². The summed E-state index contributed by atoms with van der Waals surface area (Å²) < 4.78 is 9.22. The number of rotatable bonds is 3. The van der Waals surface area contributed by atoms with Gasteiger partial charge in [0.25, 0.3) is 5.56 Å². The summed E-state index contributed by atoms with van der Waals surface area (Å²) in [5.74, 6) is 1.16. The highest BCUT2D eigenvalue weighted by molar-refractivity contribution is 5.09. The average molecular weight is 213 g/mol. The largest absolute Gasteiger partial charge is 0.388 e. The Labute approximate surface area is 89.9 Å². The van der Waals surface area contributed by atoms with E-state index in [0.29, 0.717) is 11.7 Å². The maximum atomic E-state index is 10.7. The predicted octanol–water partition coefficient (Wildman–Crippen LogP) is 2.16. The van der Waals surface area contributed by atoms with Gasteiger partial charge in [0.05, 0.1) is 0 Å². The lowest BCUT2D eigenvalue weighted by molar-refractivity contribution is 0.277. The van der Waals surface area contributed by atoms with E-state index in [1.165, 1.54) is 6.07 Å². The minimum Gasteiger partial charge on any atom is -0.388 e. The highest BCUT2D eigenvalue weighted by Crippen LogP contribution is 2.23. The van der Waals surface area contributed by atoms with Gasteiger partial charge in [-0.1, -0.05) is 19.9 Å². The molecule has 0 fully saturated rings. The molecule has 0 aliphatic heterocycles. The number of ether oxygens (including phenoxy) is 1. The molecule has 1 heterocycles. The Morgan fingerprint density at radius 2 is 2.07 bits per heavy atom. The third-order valence-corrected chi connectivity index (χ3v) is 1.84. The van der Waals surface area contributed by atoms with Gasteiger partial charge in [-0.25, -0.2) is 0 Å². The number of H-pyrrole nitrogens is 1. The van der Waals surface area contributed by atoms with Crippen molar-refractivity contribution >= 4 is 0 Å². The predicted molar refractivity (Wildman–Crippen MR) is 60.0 cm³/mol. The van der Waals surface area contributed by atoms with E-state index in [4.69, 9.17) is 4.52 Å². The molecular formula is C11H19NO3. The summed E-state index contributed by atoms with van der Waals surface area (Å²) in [6.45, 7) is 7.80. The zero-order chi connectivity index (χ0) is 11.8. The van der Waals surface area contributed by atoms with Crippen LogP contribution in [0.3, 0.4) is 0 Å². The lowest BCUT2D eigenvalue weighted by atomic mass is 9.94. The molecule has 0 bridgehead atoms. The second kappa shape index (κ2) is 7.06. The second-order valence-corrected chi connectivity index (χ2v) is 3.53. The van der Waals surface area contributed by atoms with Crippen LogP contribution in [-0.2, 0) is 4.74 Å². The lowest BCUT2D eigenvalue weighted by Crippen LogP contribution is -2.02. The van der Waals surface area contributed by atoms with Crippen molar-refractivity contribution in [2.24, 2.45) is 5.92 Å². The van der Waals surface area contributed by atoms with Gasteiger partial charge < -0.3 is 9.26 Å². The Hall–Kier alpha value is -1.29. The van der Waals surface area contributed by atoms with Crippen LogP contribution >= 0.6 is 0 Å². The molecule has 0 saturated heterocycles. The average Bonchev–Trinajstić information content (AvgIpc) is 2.54. The van der Waals surface area contributed by atoms with E-state index in [2.05, 4.69) is 30.3 Å². The highest BCUT2D eigenvalue weighted by Gasteiger charge is 2.15. The molecule has 4 heteroatoms. The molecule has 15 heavy (non-hydrogen) atoms. The van der Waals surface area contributed by atoms with Crippen molar-refractivity contribution in [2.75, 3.05) is 14.2 Å². The Bertz CT molecular complexity index is 325. The van der Waals surface area contributed by atoms with Crippen LogP contribution in [0.5, 0.6) is 0 Å². The van der Waals surface area contributed by atoms with Gasteiger partial charge in [0.15, 0.2) is 0 Å². The number of hydrogen-bond donors (Lipinski definition) is 1. The highest BCUT2D eigenvalue weighted by atomic mass is 16.5. The van der Waals surface area contributed by atoms with Gasteiger partial charge in [0.1, 0.15) is 5.76 Å². The van der Waals surface area contributed by atoms with Gasteiger partial charge in [0.2, 0.25) is 0 Å². The topological polar surface area (TPSA) is 55.2 Å². The SMILES string of the molecule is C=CC(c1cc(=O)[nH]o1)C(C)C.COC. The van der Waals surface area contributed by atoms with Crippen molar-refractivity contribution in [3.05, 3.63) is 34.8 Å². The van der Waals surface area contributed by atoms with E-state index >= 15 is 0 Å². The van der Waals surface area contributed by atoms with Gasteiger partial charge in [-0.3, -0.25) is 4.79 Å². The van der Waals surface area contributed by atoms with Gasteiger partial charge in [-0.15, -0.1) is 6.58 Å². The third-order valence-electron chi connectivity index (χ3n) is 1.84. The van der Waals surface area contributed by atoms with Crippen molar-refractivity contribution in [3.63, 3.8) is 0 Å². The molecule has 86 valence electrons. The van der Waals surface area contributed by atoms with E-state index in [-0.39, 0.29) is 11.5 Å². The fraction of sp³-hybridized carbons (Fsp3) is 0.545. The van der Waals surface area contributed by atoms with Crippen molar-refractivity contribution in [2.45, 2.75) is 19.8 Å². The summed E-state index contributed by atoms with van der Waals surface area (Å²) in [6.07, 6.45) is 1.79. The molecule has 1 unspecified atom stereocenters. The molecule has 0 amide bonds. The van der Waals surface area contributed by atoms with Gasteiger partial charge >= 0.3 is 0 Å². The first-order valence-electron chi connectivity index (χ1n) is 4.77. The number of aromatic nitrogens is 1. The molecule has 1 aromatic heterocycles. The summed E-state index contributed by atoms with van der Waals surface area (Å²) >= 11 is 0. The van der Waals surface area contributed by atoms with E-state index in [9.17, 15) is 4.79 Å². The Morgan fingerprint density at radius 1 is 1.53 bits per heavy atom. The zero-order valence-electron chi connectivity index (χ0n) is 9.74. The Kier molecular flexibility index (Phi) is 6.45. The molecule has 0 aliphatic rings. The summed E-state index contributed by atoms with van der Waals surface area (Å²) in [5, 5.41) is 2.26. The molecule has 1 atom stereocenters. The molecule has 0 spiro atoms. The first-order chi connectivity index (χ1) is 7.06. The maximum absolute atomic E-state index is 10.7. The summed E-state index contributed by atoms with van der Waals surface area (Å²) in [6, 6.07) is 1.46.